The summed E-state index contributed by atoms with van der Waals surface area (Å²) in [7, 11) is 0. The standard InChI is InChI=1S/C14H19NO/c16-11-13-6-8-14(9-7-13)15-10-12-4-2-1-3-5-12/h1-2,6-9,12,15-16H,3-5,10-11H2. The van der Waals surface area contributed by atoms with Crippen LogP contribution in [0.5, 0.6) is 0 Å². The summed E-state index contributed by atoms with van der Waals surface area (Å²) in [5.41, 5.74) is 2.11. The summed E-state index contributed by atoms with van der Waals surface area (Å²) >= 11 is 0. The number of nitrogens with one attached hydrogen (secondary N) is 1. The van der Waals surface area contributed by atoms with E-state index in [1.54, 1.807) is 0 Å². The number of benzene rings is 1. The van der Waals surface area contributed by atoms with E-state index in [9.17, 15) is 0 Å². The molecule has 1 aliphatic carbocycles. The first kappa shape index (κ1) is 11.2. The highest BCUT2D eigenvalue weighted by Crippen LogP contribution is 2.19. The fourth-order valence-electron chi connectivity index (χ4n) is 2.03. The number of rotatable bonds is 4. The first-order valence-corrected chi connectivity index (χ1v) is 5.97. The average Bonchev–Trinajstić information content (AvgIpc) is 2.38. The molecule has 2 heteroatoms. The molecule has 0 spiro atoms. The van der Waals surface area contributed by atoms with Crippen LogP contribution in [0.1, 0.15) is 24.8 Å². The zero-order valence-corrected chi connectivity index (χ0v) is 9.52. The van der Waals surface area contributed by atoms with E-state index in [4.69, 9.17) is 5.11 Å². The molecule has 1 atom stereocenters. The SMILES string of the molecule is OCc1ccc(NCC2CC=CCC2)cc1. The van der Waals surface area contributed by atoms with Crippen LogP contribution in [0.2, 0.25) is 0 Å². The van der Waals surface area contributed by atoms with E-state index in [1.165, 1.54) is 19.3 Å². The number of aliphatic hydroxyl groups is 1. The topological polar surface area (TPSA) is 32.3 Å². The summed E-state index contributed by atoms with van der Waals surface area (Å²) in [5, 5.41) is 12.4. The molecule has 1 aliphatic rings. The molecule has 0 saturated heterocycles. The fourth-order valence-corrected chi connectivity index (χ4v) is 2.03. The van der Waals surface area contributed by atoms with Gasteiger partial charge in [0.2, 0.25) is 0 Å². The Kier molecular flexibility index (Phi) is 4.00. The minimum Gasteiger partial charge on any atom is -0.392 e. The lowest BCUT2D eigenvalue weighted by molar-refractivity contribution is 0.282. The Balaban J connectivity index is 1.82. The quantitative estimate of drug-likeness (QED) is 0.760. The number of hydrogen-bond donors (Lipinski definition) is 2. The zero-order chi connectivity index (χ0) is 11.2. The van der Waals surface area contributed by atoms with Gasteiger partial charge in [-0.3, -0.25) is 0 Å². The molecule has 0 aromatic heterocycles. The molecule has 16 heavy (non-hydrogen) atoms. The first-order chi connectivity index (χ1) is 7.88. The molecular formula is C14H19NO. The summed E-state index contributed by atoms with van der Waals surface area (Å²) in [4.78, 5) is 0. The molecule has 0 radical (unpaired) electrons. The minimum atomic E-state index is 0.119. The number of aliphatic hydroxyl groups excluding tert-OH is 1. The molecule has 0 aliphatic heterocycles. The van der Waals surface area contributed by atoms with Gasteiger partial charge >= 0.3 is 0 Å². The van der Waals surface area contributed by atoms with Gasteiger partial charge in [-0.05, 0) is 42.9 Å². The third-order valence-electron chi connectivity index (χ3n) is 3.11. The molecule has 1 unspecified atom stereocenters. The highest BCUT2D eigenvalue weighted by molar-refractivity contribution is 5.44. The maximum atomic E-state index is 8.93. The van der Waals surface area contributed by atoms with Crippen molar-refractivity contribution in [2.45, 2.75) is 25.9 Å². The van der Waals surface area contributed by atoms with Gasteiger partial charge in [0.1, 0.15) is 0 Å². The van der Waals surface area contributed by atoms with Crippen molar-refractivity contribution >= 4 is 5.69 Å². The summed E-state index contributed by atoms with van der Waals surface area (Å²) in [6.45, 7) is 1.16. The van der Waals surface area contributed by atoms with E-state index in [-0.39, 0.29) is 6.61 Å². The largest absolute Gasteiger partial charge is 0.392 e. The monoisotopic (exact) mass is 217 g/mol. The second-order valence-electron chi connectivity index (χ2n) is 4.39. The minimum absolute atomic E-state index is 0.119. The van der Waals surface area contributed by atoms with Gasteiger partial charge in [0.25, 0.3) is 0 Å². The third kappa shape index (κ3) is 3.11. The van der Waals surface area contributed by atoms with Gasteiger partial charge in [0.15, 0.2) is 0 Å². The smallest absolute Gasteiger partial charge is 0.0681 e. The molecule has 0 heterocycles. The van der Waals surface area contributed by atoms with Crippen LogP contribution in [0.4, 0.5) is 5.69 Å². The molecule has 1 aromatic rings. The number of allylic oxidation sites excluding steroid dienone is 2. The van der Waals surface area contributed by atoms with E-state index < -0.39 is 0 Å². The van der Waals surface area contributed by atoms with Crippen molar-refractivity contribution in [2.75, 3.05) is 11.9 Å². The van der Waals surface area contributed by atoms with Crippen LogP contribution in [0.15, 0.2) is 36.4 Å². The van der Waals surface area contributed by atoms with Gasteiger partial charge in [-0.2, -0.15) is 0 Å². The second-order valence-corrected chi connectivity index (χ2v) is 4.39. The van der Waals surface area contributed by atoms with Gasteiger partial charge in [-0.15, -0.1) is 0 Å². The maximum absolute atomic E-state index is 8.93. The Morgan fingerprint density at radius 3 is 2.62 bits per heavy atom. The molecule has 0 fully saturated rings. The van der Waals surface area contributed by atoms with Gasteiger partial charge in [0, 0.05) is 12.2 Å². The Morgan fingerprint density at radius 2 is 2.00 bits per heavy atom. The highest BCUT2D eigenvalue weighted by Gasteiger charge is 2.08. The van der Waals surface area contributed by atoms with Crippen LogP contribution in [0.3, 0.4) is 0 Å². The van der Waals surface area contributed by atoms with Crippen LogP contribution in [0, 0.1) is 5.92 Å². The van der Waals surface area contributed by atoms with Crippen LogP contribution in [-0.4, -0.2) is 11.7 Å². The summed E-state index contributed by atoms with van der Waals surface area (Å²) < 4.78 is 0. The van der Waals surface area contributed by atoms with Crippen molar-refractivity contribution in [3.05, 3.63) is 42.0 Å². The van der Waals surface area contributed by atoms with E-state index in [0.29, 0.717) is 0 Å². The Morgan fingerprint density at radius 1 is 1.19 bits per heavy atom. The Hall–Kier alpha value is -1.28. The predicted octanol–water partition coefficient (Wildman–Crippen LogP) is 2.95. The summed E-state index contributed by atoms with van der Waals surface area (Å²) in [5.74, 6) is 0.766. The molecule has 2 N–H and O–H groups in total. The van der Waals surface area contributed by atoms with Crippen molar-refractivity contribution < 1.29 is 5.11 Å². The van der Waals surface area contributed by atoms with Crippen molar-refractivity contribution in [3.63, 3.8) is 0 Å². The normalized spacial score (nSPS) is 19.7. The van der Waals surface area contributed by atoms with Gasteiger partial charge in [-0.1, -0.05) is 24.3 Å². The molecule has 0 amide bonds. The van der Waals surface area contributed by atoms with Gasteiger partial charge in [-0.25, -0.2) is 0 Å². The predicted molar refractivity (Wildman–Crippen MR) is 67.3 cm³/mol. The zero-order valence-electron chi connectivity index (χ0n) is 9.52. The average molecular weight is 217 g/mol. The molecule has 2 rings (SSSR count). The van der Waals surface area contributed by atoms with Crippen LogP contribution >= 0.6 is 0 Å². The molecule has 2 nitrogen and oxygen atoms in total. The Bertz CT molecular complexity index is 342. The Labute approximate surface area is 97.0 Å². The summed E-state index contributed by atoms with van der Waals surface area (Å²) in [6, 6.07) is 7.99. The lowest BCUT2D eigenvalue weighted by Crippen LogP contribution is -2.15. The summed E-state index contributed by atoms with van der Waals surface area (Å²) in [6.07, 6.45) is 8.26. The molecule has 86 valence electrons. The second kappa shape index (κ2) is 5.71. The molecule has 1 aromatic carbocycles. The lowest BCUT2D eigenvalue weighted by atomic mass is 9.94. The van der Waals surface area contributed by atoms with Crippen LogP contribution in [0.25, 0.3) is 0 Å². The molecule has 0 saturated carbocycles. The molecular weight excluding hydrogens is 198 g/mol. The van der Waals surface area contributed by atoms with Crippen molar-refractivity contribution in [3.8, 4) is 0 Å². The number of hydrogen-bond acceptors (Lipinski definition) is 2. The molecule has 0 bridgehead atoms. The number of anilines is 1. The van der Waals surface area contributed by atoms with E-state index in [1.807, 2.05) is 24.3 Å². The first-order valence-electron chi connectivity index (χ1n) is 5.97. The maximum Gasteiger partial charge on any atom is 0.0681 e. The lowest BCUT2D eigenvalue weighted by Gasteiger charge is -2.18. The fraction of sp³-hybridized carbons (Fsp3) is 0.429. The van der Waals surface area contributed by atoms with Crippen LogP contribution in [-0.2, 0) is 6.61 Å². The van der Waals surface area contributed by atoms with Crippen molar-refractivity contribution in [1.82, 2.24) is 0 Å². The third-order valence-corrected chi connectivity index (χ3v) is 3.11. The van der Waals surface area contributed by atoms with E-state index in [0.717, 1.165) is 23.7 Å². The van der Waals surface area contributed by atoms with E-state index >= 15 is 0 Å². The van der Waals surface area contributed by atoms with Crippen molar-refractivity contribution in [2.24, 2.45) is 5.92 Å². The van der Waals surface area contributed by atoms with Gasteiger partial charge < -0.3 is 10.4 Å². The van der Waals surface area contributed by atoms with Gasteiger partial charge in [0.05, 0.1) is 6.61 Å². The van der Waals surface area contributed by atoms with Crippen molar-refractivity contribution in [1.29, 1.82) is 0 Å². The van der Waals surface area contributed by atoms with E-state index in [2.05, 4.69) is 17.5 Å². The highest BCUT2D eigenvalue weighted by atomic mass is 16.3. The van der Waals surface area contributed by atoms with Crippen LogP contribution < -0.4 is 5.32 Å².